The van der Waals surface area contributed by atoms with Crippen LogP contribution in [0.3, 0.4) is 0 Å². The van der Waals surface area contributed by atoms with Crippen LogP contribution in [0, 0.1) is 11.8 Å². The van der Waals surface area contributed by atoms with E-state index < -0.39 is 5.97 Å². The first kappa shape index (κ1) is 15.8. The van der Waals surface area contributed by atoms with Crippen molar-refractivity contribution in [3.8, 4) is 0 Å². The quantitative estimate of drug-likeness (QED) is 0.802. The van der Waals surface area contributed by atoms with Gasteiger partial charge < -0.3 is 5.11 Å². The number of carboxylic acids is 1. The maximum atomic E-state index is 11.6. The van der Waals surface area contributed by atoms with Crippen molar-refractivity contribution in [3.05, 3.63) is 0 Å². The van der Waals surface area contributed by atoms with E-state index in [1.165, 1.54) is 38.5 Å². The number of rotatable bonds is 6. The van der Waals surface area contributed by atoms with Gasteiger partial charge in [0.25, 0.3) is 0 Å². The molecule has 0 aliphatic heterocycles. The van der Waals surface area contributed by atoms with E-state index in [4.69, 9.17) is 0 Å². The van der Waals surface area contributed by atoms with Gasteiger partial charge in [-0.2, -0.15) is 0 Å². The van der Waals surface area contributed by atoms with Crippen LogP contribution in [0.2, 0.25) is 0 Å². The highest BCUT2D eigenvalue weighted by Crippen LogP contribution is 2.37. The molecule has 3 atom stereocenters. The standard InChI is InChI=1S/C17H31NO2/c1-3-7-13-10-11-15(17(19)20)16(12-13)18(4-2)14-8-5-6-9-14/h13-16H,3-12H2,1-2H3,(H,19,20). The predicted molar refractivity (Wildman–Crippen MR) is 81.8 cm³/mol. The maximum Gasteiger partial charge on any atom is 0.308 e. The molecule has 0 saturated heterocycles. The second kappa shape index (κ2) is 7.44. The summed E-state index contributed by atoms with van der Waals surface area (Å²) in [4.78, 5) is 14.2. The highest BCUT2D eigenvalue weighted by molar-refractivity contribution is 5.71. The minimum atomic E-state index is -0.568. The third-order valence-electron chi connectivity index (χ3n) is 5.52. The van der Waals surface area contributed by atoms with Gasteiger partial charge in [0.2, 0.25) is 0 Å². The Bertz CT molecular complexity index is 312. The monoisotopic (exact) mass is 281 g/mol. The second-order valence-electron chi connectivity index (χ2n) is 6.75. The molecule has 2 aliphatic rings. The van der Waals surface area contributed by atoms with Crippen molar-refractivity contribution in [2.45, 2.75) is 83.7 Å². The largest absolute Gasteiger partial charge is 0.481 e. The SMILES string of the molecule is CCCC1CCC(C(=O)O)C(N(CC)C2CCCC2)C1. The third-order valence-corrected chi connectivity index (χ3v) is 5.52. The Kier molecular flexibility index (Phi) is 5.88. The zero-order chi connectivity index (χ0) is 14.5. The highest BCUT2D eigenvalue weighted by atomic mass is 16.4. The zero-order valence-corrected chi connectivity index (χ0v) is 13.2. The van der Waals surface area contributed by atoms with Gasteiger partial charge >= 0.3 is 5.97 Å². The van der Waals surface area contributed by atoms with Crippen LogP contribution < -0.4 is 0 Å². The molecule has 2 saturated carbocycles. The molecular weight excluding hydrogens is 250 g/mol. The van der Waals surface area contributed by atoms with Crippen LogP contribution in [-0.2, 0) is 4.79 Å². The van der Waals surface area contributed by atoms with Crippen molar-refractivity contribution in [2.75, 3.05) is 6.54 Å². The van der Waals surface area contributed by atoms with Gasteiger partial charge in [0.1, 0.15) is 0 Å². The topological polar surface area (TPSA) is 40.5 Å². The lowest BCUT2D eigenvalue weighted by Crippen LogP contribution is -2.50. The van der Waals surface area contributed by atoms with E-state index in [9.17, 15) is 9.90 Å². The molecule has 2 rings (SSSR count). The summed E-state index contributed by atoms with van der Waals surface area (Å²) in [5, 5.41) is 9.59. The van der Waals surface area contributed by atoms with Crippen molar-refractivity contribution in [1.82, 2.24) is 4.90 Å². The number of hydrogen-bond donors (Lipinski definition) is 1. The van der Waals surface area contributed by atoms with Crippen molar-refractivity contribution < 1.29 is 9.90 Å². The molecule has 0 amide bonds. The molecule has 0 aromatic rings. The Morgan fingerprint density at radius 3 is 2.40 bits per heavy atom. The molecule has 20 heavy (non-hydrogen) atoms. The van der Waals surface area contributed by atoms with Crippen LogP contribution in [-0.4, -0.2) is 34.6 Å². The lowest BCUT2D eigenvalue weighted by Gasteiger charge is -2.43. The summed E-state index contributed by atoms with van der Waals surface area (Å²) in [5.74, 6) is 0.0427. The minimum Gasteiger partial charge on any atom is -0.481 e. The van der Waals surface area contributed by atoms with Gasteiger partial charge in [-0.1, -0.05) is 39.5 Å². The molecule has 0 radical (unpaired) electrons. The number of carbonyl (C=O) groups is 1. The average Bonchev–Trinajstić information content (AvgIpc) is 2.94. The average molecular weight is 281 g/mol. The molecule has 1 N–H and O–H groups in total. The molecular formula is C17H31NO2. The molecule has 3 unspecified atom stereocenters. The summed E-state index contributed by atoms with van der Waals surface area (Å²) in [6.45, 7) is 5.46. The van der Waals surface area contributed by atoms with Gasteiger partial charge in [0.15, 0.2) is 0 Å². The zero-order valence-electron chi connectivity index (χ0n) is 13.2. The Morgan fingerprint density at radius 2 is 1.85 bits per heavy atom. The fourth-order valence-electron chi connectivity index (χ4n) is 4.56. The Labute approximate surface area is 123 Å². The van der Waals surface area contributed by atoms with Gasteiger partial charge in [0, 0.05) is 12.1 Å². The van der Waals surface area contributed by atoms with Crippen LogP contribution in [0.15, 0.2) is 0 Å². The molecule has 0 aromatic heterocycles. The molecule has 2 aliphatic carbocycles. The third kappa shape index (κ3) is 3.55. The second-order valence-corrected chi connectivity index (χ2v) is 6.75. The Balaban J connectivity index is 2.09. The van der Waals surface area contributed by atoms with Crippen LogP contribution in [0.5, 0.6) is 0 Å². The summed E-state index contributed by atoms with van der Waals surface area (Å²) in [7, 11) is 0. The first-order valence-electron chi connectivity index (χ1n) is 8.65. The fraction of sp³-hybridized carbons (Fsp3) is 0.941. The Hall–Kier alpha value is -0.570. The first-order chi connectivity index (χ1) is 9.67. The van der Waals surface area contributed by atoms with Crippen molar-refractivity contribution >= 4 is 5.97 Å². The molecule has 116 valence electrons. The van der Waals surface area contributed by atoms with E-state index in [2.05, 4.69) is 18.7 Å². The summed E-state index contributed by atoms with van der Waals surface area (Å²) >= 11 is 0. The van der Waals surface area contributed by atoms with E-state index in [-0.39, 0.29) is 12.0 Å². The van der Waals surface area contributed by atoms with Crippen molar-refractivity contribution in [2.24, 2.45) is 11.8 Å². The summed E-state index contributed by atoms with van der Waals surface area (Å²) in [6.07, 6.45) is 10.8. The minimum absolute atomic E-state index is 0.136. The van der Waals surface area contributed by atoms with Crippen molar-refractivity contribution in [3.63, 3.8) is 0 Å². The Morgan fingerprint density at radius 1 is 1.15 bits per heavy atom. The van der Waals surface area contributed by atoms with E-state index in [0.29, 0.717) is 6.04 Å². The summed E-state index contributed by atoms with van der Waals surface area (Å²) in [5.41, 5.74) is 0. The molecule has 0 aromatic carbocycles. The predicted octanol–water partition coefficient (Wildman–Crippen LogP) is 3.92. The fourth-order valence-corrected chi connectivity index (χ4v) is 4.56. The first-order valence-corrected chi connectivity index (χ1v) is 8.65. The highest BCUT2D eigenvalue weighted by Gasteiger charge is 2.40. The van der Waals surface area contributed by atoms with E-state index in [0.717, 1.165) is 31.7 Å². The van der Waals surface area contributed by atoms with Crippen molar-refractivity contribution in [1.29, 1.82) is 0 Å². The molecule has 3 heteroatoms. The molecule has 0 heterocycles. The lowest BCUT2D eigenvalue weighted by atomic mass is 9.75. The number of nitrogens with zero attached hydrogens (tertiary/aromatic N) is 1. The number of aliphatic carboxylic acids is 1. The van der Waals surface area contributed by atoms with Crippen LogP contribution >= 0.6 is 0 Å². The normalized spacial score (nSPS) is 31.9. The van der Waals surface area contributed by atoms with Gasteiger partial charge in [-0.3, -0.25) is 9.69 Å². The van der Waals surface area contributed by atoms with Crippen LogP contribution in [0.1, 0.15) is 71.6 Å². The van der Waals surface area contributed by atoms with E-state index in [1.54, 1.807) is 0 Å². The van der Waals surface area contributed by atoms with Crippen LogP contribution in [0.25, 0.3) is 0 Å². The molecule has 2 fully saturated rings. The summed E-state index contributed by atoms with van der Waals surface area (Å²) in [6, 6.07) is 0.929. The molecule has 0 bridgehead atoms. The van der Waals surface area contributed by atoms with E-state index in [1.807, 2.05) is 0 Å². The van der Waals surface area contributed by atoms with Gasteiger partial charge in [0.05, 0.1) is 5.92 Å². The van der Waals surface area contributed by atoms with Gasteiger partial charge in [-0.25, -0.2) is 0 Å². The van der Waals surface area contributed by atoms with E-state index >= 15 is 0 Å². The summed E-state index contributed by atoms with van der Waals surface area (Å²) < 4.78 is 0. The molecule has 0 spiro atoms. The number of hydrogen-bond acceptors (Lipinski definition) is 2. The molecule has 3 nitrogen and oxygen atoms in total. The van der Waals surface area contributed by atoms with Crippen LogP contribution in [0.4, 0.5) is 0 Å². The number of carboxylic acid groups (broad SMARTS) is 1. The van der Waals surface area contributed by atoms with Gasteiger partial charge in [-0.05, 0) is 44.6 Å². The lowest BCUT2D eigenvalue weighted by molar-refractivity contribution is -0.146. The maximum absolute atomic E-state index is 11.6. The van der Waals surface area contributed by atoms with Gasteiger partial charge in [-0.15, -0.1) is 0 Å². The smallest absolute Gasteiger partial charge is 0.308 e.